The van der Waals surface area contributed by atoms with Crippen LogP contribution in [0.5, 0.6) is 0 Å². The molecule has 1 aliphatic heterocycles. The van der Waals surface area contributed by atoms with Crippen LogP contribution >= 0.6 is 27.7 Å². The summed E-state index contributed by atoms with van der Waals surface area (Å²) in [7, 11) is 0. The largest absolute Gasteiger partial charge is 0.387 e. The molecule has 4 N–H and O–H groups in total. The molecule has 136 valence electrons. The summed E-state index contributed by atoms with van der Waals surface area (Å²) in [6.07, 6.45) is -0.647. The van der Waals surface area contributed by atoms with Gasteiger partial charge in [-0.05, 0) is 28.1 Å². The highest BCUT2D eigenvalue weighted by molar-refractivity contribution is 9.10. The predicted octanol–water partition coefficient (Wildman–Crippen LogP) is 1.58. The number of imidazole rings is 1. The van der Waals surface area contributed by atoms with Crippen LogP contribution in [0.1, 0.15) is 6.23 Å². The van der Waals surface area contributed by atoms with Crippen molar-refractivity contribution in [2.24, 2.45) is 0 Å². The Kier molecular flexibility index (Phi) is 4.84. The average molecular weight is 438 g/mol. The maximum Gasteiger partial charge on any atom is 0.167 e. The molecular weight excluding hydrogens is 422 g/mol. The van der Waals surface area contributed by atoms with E-state index in [0.29, 0.717) is 16.9 Å². The topological polar surface area (TPSA) is 119 Å². The number of fused-ring (bicyclic) bond motifs is 1. The number of nitrogens with two attached hydrogens (primary N) is 1. The number of aromatic nitrogens is 4. The Morgan fingerprint density at radius 2 is 2.00 bits per heavy atom. The zero-order valence-corrected chi connectivity index (χ0v) is 15.8. The van der Waals surface area contributed by atoms with E-state index in [0.717, 1.165) is 9.37 Å². The normalized spacial score (nSPS) is 25.8. The average Bonchev–Trinajstić information content (AvgIpc) is 3.18. The zero-order valence-electron chi connectivity index (χ0n) is 13.4. The van der Waals surface area contributed by atoms with Gasteiger partial charge in [0.15, 0.2) is 17.7 Å². The first-order valence-corrected chi connectivity index (χ1v) is 9.66. The van der Waals surface area contributed by atoms with Gasteiger partial charge in [0.25, 0.3) is 0 Å². The van der Waals surface area contributed by atoms with Crippen molar-refractivity contribution in [2.75, 3.05) is 11.5 Å². The van der Waals surface area contributed by atoms with Gasteiger partial charge < -0.3 is 20.7 Å². The number of benzene rings is 1. The quantitative estimate of drug-likeness (QED) is 0.526. The monoisotopic (exact) mass is 437 g/mol. The zero-order chi connectivity index (χ0) is 18.3. The van der Waals surface area contributed by atoms with Crippen LogP contribution in [0.2, 0.25) is 0 Å². The van der Waals surface area contributed by atoms with E-state index in [1.165, 1.54) is 12.7 Å². The summed E-state index contributed by atoms with van der Waals surface area (Å²) in [5.74, 6) is 0.740. The molecule has 1 saturated heterocycles. The van der Waals surface area contributed by atoms with Gasteiger partial charge in [0.05, 0.1) is 12.4 Å². The van der Waals surface area contributed by atoms with Crippen molar-refractivity contribution in [2.45, 2.75) is 29.4 Å². The fraction of sp³-hybridized carbons (Fsp3) is 0.312. The molecule has 1 aromatic carbocycles. The van der Waals surface area contributed by atoms with E-state index in [9.17, 15) is 10.2 Å². The van der Waals surface area contributed by atoms with Gasteiger partial charge in [-0.25, -0.2) is 15.0 Å². The van der Waals surface area contributed by atoms with Crippen LogP contribution in [0.4, 0.5) is 5.82 Å². The molecule has 4 rings (SSSR count). The van der Waals surface area contributed by atoms with Crippen LogP contribution in [0.3, 0.4) is 0 Å². The molecule has 4 atom stereocenters. The van der Waals surface area contributed by atoms with Gasteiger partial charge in [-0.1, -0.05) is 12.1 Å². The molecule has 0 bridgehead atoms. The number of hydrogen-bond acceptors (Lipinski definition) is 8. The number of rotatable bonds is 4. The maximum atomic E-state index is 10.5. The molecule has 2 aromatic heterocycles. The lowest BCUT2D eigenvalue weighted by Gasteiger charge is -2.16. The standard InChI is InChI=1S/C16H16BrN5O3S/c17-8-3-1-2-4-10(8)26-5-9-12(23)13(24)16(25-9)22-7-21-11-14(18)19-6-20-15(11)22/h1-4,6-7,9,12-13,16,23-24H,5H2,(H2,18,19,20)/t9-,12-,13-,16-/m1/s1. The third-order valence-corrected chi connectivity index (χ3v) is 6.35. The molecule has 1 fully saturated rings. The first kappa shape index (κ1) is 17.7. The van der Waals surface area contributed by atoms with Crippen LogP contribution < -0.4 is 5.73 Å². The van der Waals surface area contributed by atoms with Crippen LogP contribution in [0.15, 0.2) is 46.3 Å². The number of halogens is 1. The number of nitrogen functional groups attached to an aromatic ring is 1. The van der Waals surface area contributed by atoms with Gasteiger partial charge in [-0.15, -0.1) is 11.8 Å². The third-order valence-electron chi connectivity index (χ3n) is 4.24. The highest BCUT2D eigenvalue weighted by Crippen LogP contribution is 2.35. The van der Waals surface area contributed by atoms with Crippen LogP contribution in [-0.2, 0) is 4.74 Å². The van der Waals surface area contributed by atoms with Crippen molar-refractivity contribution in [3.8, 4) is 0 Å². The molecule has 0 saturated carbocycles. The second kappa shape index (κ2) is 7.12. The van der Waals surface area contributed by atoms with Gasteiger partial charge in [-0.2, -0.15) is 0 Å². The van der Waals surface area contributed by atoms with Crippen molar-refractivity contribution >= 4 is 44.7 Å². The summed E-state index contributed by atoms with van der Waals surface area (Å²) in [5.41, 5.74) is 6.68. The molecule has 0 spiro atoms. The number of hydrogen-bond donors (Lipinski definition) is 3. The lowest BCUT2D eigenvalue weighted by atomic mass is 10.1. The second-order valence-electron chi connectivity index (χ2n) is 5.87. The van der Waals surface area contributed by atoms with Gasteiger partial charge in [0, 0.05) is 15.1 Å². The van der Waals surface area contributed by atoms with E-state index in [-0.39, 0.29) is 5.82 Å². The molecular formula is C16H16BrN5O3S. The Labute approximate surface area is 161 Å². The van der Waals surface area contributed by atoms with Crippen molar-refractivity contribution in [3.05, 3.63) is 41.4 Å². The van der Waals surface area contributed by atoms with E-state index < -0.39 is 24.5 Å². The fourth-order valence-corrected chi connectivity index (χ4v) is 4.52. The van der Waals surface area contributed by atoms with Crippen molar-refractivity contribution in [3.63, 3.8) is 0 Å². The summed E-state index contributed by atoms with van der Waals surface area (Å²) in [5, 5.41) is 20.9. The van der Waals surface area contributed by atoms with Gasteiger partial charge in [0.1, 0.15) is 24.1 Å². The highest BCUT2D eigenvalue weighted by atomic mass is 79.9. The third kappa shape index (κ3) is 3.08. The Morgan fingerprint density at radius 1 is 1.19 bits per heavy atom. The Balaban J connectivity index is 1.54. The van der Waals surface area contributed by atoms with E-state index in [2.05, 4.69) is 30.9 Å². The number of anilines is 1. The molecule has 10 heteroatoms. The van der Waals surface area contributed by atoms with E-state index >= 15 is 0 Å². The molecule has 0 aliphatic carbocycles. The van der Waals surface area contributed by atoms with E-state index in [4.69, 9.17) is 10.5 Å². The molecule has 3 heterocycles. The number of aliphatic hydroxyl groups excluding tert-OH is 2. The van der Waals surface area contributed by atoms with Crippen LogP contribution in [0.25, 0.3) is 11.2 Å². The lowest BCUT2D eigenvalue weighted by Crippen LogP contribution is -2.32. The Bertz CT molecular complexity index is 939. The molecule has 8 nitrogen and oxygen atoms in total. The Hall–Kier alpha value is -1.72. The number of thioether (sulfide) groups is 1. The minimum absolute atomic E-state index is 0.253. The Morgan fingerprint density at radius 3 is 2.81 bits per heavy atom. The number of nitrogens with zero attached hydrogens (tertiary/aromatic N) is 4. The number of ether oxygens (including phenoxy) is 1. The first-order chi connectivity index (χ1) is 12.6. The minimum Gasteiger partial charge on any atom is -0.387 e. The van der Waals surface area contributed by atoms with Gasteiger partial charge >= 0.3 is 0 Å². The summed E-state index contributed by atoms with van der Waals surface area (Å²) in [6.45, 7) is 0. The van der Waals surface area contributed by atoms with E-state index in [1.54, 1.807) is 16.3 Å². The molecule has 1 aliphatic rings. The van der Waals surface area contributed by atoms with Crippen molar-refractivity contribution in [1.29, 1.82) is 0 Å². The maximum absolute atomic E-state index is 10.5. The summed E-state index contributed by atoms with van der Waals surface area (Å²) in [4.78, 5) is 13.3. The van der Waals surface area contributed by atoms with Crippen molar-refractivity contribution in [1.82, 2.24) is 19.5 Å². The molecule has 0 unspecified atom stereocenters. The lowest BCUT2D eigenvalue weighted by molar-refractivity contribution is -0.0289. The highest BCUT2D eigenvalue weighted by Gasteiger charge is 2.44. The number of aliphatic hydroxyl groups is 2. The summed E-state index contributed by atoms with van der Waals surface area (Å²) in [6, 6.07) is 7.81. The van der Waals surface area contributed by atoms with Crippen molar-refractivity contribution < 1.29 is 14.9 Å². The predicted molar refractivity (Wildman–Crippen MR) is 101 cm³/mol. The molecule has 0 amide bonds. The van der Waals surface area contributed by atoms with Crippen LogP contribution in [-0.4, -0.2) is 53.8 Å². The second-order valence-corrected chi connectivity index (χ2v) is 7.79. The smallest absolute Gasteiger partial charge is 0.167 e. The fourth-order valence-electron chi connectivity index (χ4n) is 2.89. The summed E-state index contributed by atoms with van der Waals surface area (Å²) < 4.78 is 8.47. The summed E-state index contributed by atoms with van der Waals surface area (Å²) >= 11 is 5.04. The van der Waals surface area contributed by atoms with E-state index in [1.807, 2.05) is 24.3 Å². The SMILES string of the molecule is Nc1ncnc2c1ncn2[C@@H]1O[C@H](CSc2ccccc2Br)[C@@H](O)[C@H]1O. The van der Waals surface area contributed by atoms with Gasteiger partial charge in [0.2, 0.25) is 0 Å². The first-order valence-electron chi connectivity index (χ1n) is 7.88. The molecule has 0 radical (unpaired) electrons. The van der Waals surface area contributed by atoms with Crippen LogP contribution in [0, 0.1) is 0 Å². The minimum atomic E-state index is -1.10. The molecule has 26 heavy (non-hydrogen) atoms. The molecule has 3 aromatic rings. The van der Waals surface area contributed by atoms with Gasteiger partial charge in [-0.3, -0.25) is 4.57 Å².